The molecule has 1 N–H and O–H groups in total. The Morgan fingerprint density at radius 2 is 1.86 bits per heavy atom. The summed E-state index contributed by atoms with van der Waals surface area (Å²) in [4.78, 5) is 19.1. The third-order valence-electron chi connectivity index (χ3n) is 5.30. The van der Waals surface area contributed by atoms with E-state index in [1.54, 1.807) is 6.20 Å². The number of amides is 1. The van der Waals surface area contributed by atoms with Crippen molar-refractivity contribution in [3.8, 4) is 11.1 Å². The number of benzene rings is 2. The van der Waals surface area contributed by atoms with Gasteiger partial charge in [0.2, 0.25) is 5.91 Å². The van der Waals surface area contributed by atoms with Crippen LogP contribution in [0.3, 0.4) is 0 Å². The van der Waals surface area contributed by atoms with Crippen LogP contribution in [0.1, 0.15) is 11.1 Å². The van der Waals surface area contributed by atoms with Crippen LogP contribution in [0.2, 0.25) is 0 Å². The molecule has 1 aliphatic rings. The van der Waals surface area contributed by atoms with Crippen LogP contribution in [0.15, 0.2) is 73.1 Å². The maximum Gasteiger partial charge on any atom is 0.224 e. The molecular weight excluding hydrogens is 365 g/mol. The van der Waals surface area contributed by atoms with Crippen LogP contribution in [-0.2, 0) is 17.8 Å². The van der Waals surface area contributed by atoms with Crippen LogP contribution in [0.4, 0.5) is 4.39 Å². The van der Waals surface area contributed by atoms with E-state index in [0.29, 0.717) is 26.1 Å². The van der Waals surface area contributed by atoms with Gasteiger partial charge in [-0.15, -0.1) is 0 Å². The van der Waals surface area contributed by atoms with Crippen LogP contribution in [-0.4, -0.2) is 35.4 Å². The number of carbonyl (C=O) groups excluding carboxylic acids is 1. The van der Waals surface area contributed by atoms with Gasteiger partial charge in [-0.05, 0) is 46.9 Å². The number of nitrogens with one attached hydrogen (secondary N) is 1. The lowest BCUT2D eigenvalue weighted by molar-refractivity contribution is -0.124. The minimum atomic E-state index is -0.229. The molecule has 1 atom stereocenters. The molecule has 2 heterocycles. The Balaban J connectivity index is 1.47. The van der Waals surface area contributed by atoms with E-state index in [0.717, 1.165) is 28.8 Å². The van der Waals surface area contributed by atoms with E-state index in [4.69, 9.17) is 0 Å². The molecule has 2 aromatic carbocycles. The standard InChI is InChI=1S/C24H24FN3O/c25-23-8-6-18(7-9-23)16-28-12-11-27-24(29)22(17-28)14-19-3-1-4-20(13-19)21-5-2-10-26-15-21/h1-10,13,15,22H,11-12,14,16-17H2,(H,27,29)/t22-/m0/s1. The normalized spacial score (nSPS) is 17.6. The largest absolute Gasteiger partial charge is 0.355 e. The van der Waals surface area contributed by atoms with Gasteiger partial charge in [0.1, 0.15) is 5.82 Å². The quantitative estimate of drug-likeness (QED) is 0.724. The topological polar surface area (TPSA) is 45.2 Å². The molecule has 148 valence electrons. The SMILES string of the molecule is O=C1NCCN(Cc2ccc(F)cc2)C[C@@H]1Cc1cccc(-c2cccnc2)c1. The molecule has 1 fully saturated rings. The maximum atomic E-state index is 13.2. The molecule has 1 saturated heterocycles. The first-order chi connectivity index (χ1) is 14.2. The summed E-state index contributed by atoms with van der Waals surface area (Å²) in [5, 5.41) is 3.04. The number of hydrogen-bond acceptors (Lipinski definition) is 3. The van der Waals surface area contributed by atoms with Gasteiger partial charge in [-0.3, -0.25) is 14.7 Å². The zero-order chi connectivity index (χ0) is 20.1. The van der Waals surface area contributed by atoms with Gasteiger partial charge in [-0.1, -0.05) is 42.5 Å². The van der Waals surface area contributed by atoms with Gasteiger partial charge in [0.15, 0.2) is 0 Å². The molecule has 1 aromatic heterocycles. The summed E-state index contributed by atoms with van der Waals surface area (Å²) in [6.45, 7) is 2.81. The summed E-state index contributed by atoms with van der Waals surface area (Å²) in [6, 6.07) is 18.8. The second kappa shape index (κ2) is 8.97. The van der Waals surface area contributed by atoms with Crippen LogP contribution in [0.25, 0.3) is 11.1 Å². The highest BCUT2D eigenvalue weighted by molar-refractivity contribution is 5.79. The molecule has 29 heavy (non-hydrogen) atoms. The van der Waals surface area contributed by atoms with Crippen LogP contribution < -0.4 is 5.32 Å². The van der Waals surface area contributed by atoms with Gasteiger partial charge in [0.25, 0.3) is 0 Å². The van der Waals surface area contributed by atoms with E-state index < -0.39 is 0 Å². The fraction of sp³-hybridized carbons (Fsp3) is 0.250. The molecule has 0 aliphatic carbocycles. The smallest absolute Gasteiger partial charge is 0.224 e. The molecule has 0 spiro atoms. The van der Waals surface area contributed by atoms with E-state index in [2.05, 4.69) is 33.4 Å². The zero-order valence-electron chi connectivity index (χ0n) is 16.2. The van der Waals surface area contributed by atoms with Gasteiger partial charge in [-0.2, -0.15) is 0 Å². The summed E-state index contributed by atoms with van der Waals surface area (Å²) >= 11 is 0. The predicted molar refractivity (Wildman–Crippen MR) is 112 cm³/mol. The van der Waals surface area contributed by atoms with E-state index in [1.807, 2.05) is 36.5 Å². The molecular formula is C24H24FN3O. The Hall–Kier alpha value is -3.05. The second-order valence-corrected chi connectivity index (χ2v) is 7.50. The summed E-state index contributed by atoms with van der Waals surface area (Å²) in [5.74, 6) is -0.256. The van der Waals surface area contributed by atoms with Crippen molar-refractivity contribution < 1.29 is 9.18 Å². The molecule has 0 radical (unpaired) electrons. The third kappa shape index (κ3) is 5.06. The van der Waals surface area contributed by atoms with Crippen molar-refractivity contribution in [1.29, 1.82) is 0 Å². The molecule has 0 bridgehead atoms. The van der Waals surface area contributed by atoms with Crippen molar-refractivity contribution in [2.75, 3.05) is 19.6 Å². The molecule has 0 saturated carbocycles. The Labute approximate surface area is 170 Å². The summed E-state index contributed by atoms with van der Waals surface area (Å²) < 4.78 is 13.2. The summed E-state index contributed by atoms with van der Waals surface area (Å²) in [7, 11) is 0. The van der Waals surface area contributed by atoms with Crippen LogP contribution >= 0.6 is 0 Å². The first-order valence-corrected chi connectivity index (χ1v) is 9.91. The molecule has 4 nitrogen and oxygen atoms in total. The fourth-order valence-electron chi connectivity index (χ4n) is 3.81. The van der Waals surface area contributed by atoms with Gasteiger partial charge >= 0.3 is 0 Å². The predicted octanol–water partition coefficient (Wildman–Crippen LogP) is 3.68. The Kier molecular flexibility index (Phi) is 5.96. The van der Waals surface area contributed by atoms with Gasteiger partial charge in [-0.25, -0.2) is 4.39 Å². The molecule has 4 rings (SSSR count). The molecule has 1 amide bonds. The molecule has 0 unspecified atom stereocenters. The Morgan fingerprint density at radius 3 is 2.66 bits per heavy atom. The second-order valence-electron chi connectivity index (χ2n) is 7.50. The highest BCUT2D eigenvalue weighted by atomic mass is 19.1. The number of halogens is 1. The van der Waals surface area contributed by atoms with Gasteiger partial charge < -0.3 is 5.32 Å². The van der Waals surface area contributed by atoms with Gasteiger partial charge in [0.05, 0.1) is 5.92 Å². The number of pyridine rings is 1. The first kappa shape index (κ1) is 19.3. The minimum absolute atomic E-state index is 0.0957. The number of aromatic nitrogens is 1. The van der Waals surface area contributed by atoms with E-state index >= 15 is 0 Å². The van der Waals surface area contributed by atoms with Crippen LogP contribution in [0.5, 0.6) is 0 Å². The van der Waals surface area contributed by atoms with Crippen molar-refractivity contribution in [3.63, 3.8) is 0 Å². The number of hydrogen-bond donors (Lipinski definition) is 1. The maximum absolute atomic E-state index is 13.2. The van der Waals surface area contributed by atoms with Crippen molar-refractivity contribution in [2.45, 2.75) is 13.0 Å². The number of nitrogens with zero attached hydrogens (tertiary/aromatic N) is 2. The lowest BCUT2D eigenvalue weighted by Crippen LogP contribution is -2.33. The van der Waals surface area contributed by atoms with Crippen molar-refractivity contribution in [2.24, 2.45) is 5.92 Å². The third-order valence-corrected chi connectivity index (χ3v) is 5.30. The van der Waals surface area contributed by atoms with Crippen molar-refractivity contribution >= 4 is 5.91 Å². The Bertz CT molecular complexity index is 959. The fourth-order valence-corrected chi connectivity index (χ4v) is 3.81. The Morgan fingerprint density at radius 1 is 1.03 bits per heavy atom. The summed E-state index contributed by atoms with van der Waals surface area (Å²) in [5.41, 5.74) is 4.36. The molecule has 5 heteroatoms. The average Bonchev–Trinajstić information content (AvgIpc) is 2.92. The number of rotatable bonds is 5. The van der Waals surface area contributed by atoms with E-state index in [-0.39, 0.29) is 17.6 Å². The number of carbonyl (C=O) groups is 1. The lowest BCUT2D eigenvalue weighted by Gasteiger charge is -2.23. The zero-order valence-corrected chi connectivity index (χ0v) is 16.2. The molecule has 3 aromatic rings. The minimum Gasteiger partial charge on any atom is -0.355 e. The highest BCUT2D eigenvalue weighted by Gasteiger charge is 2.25. The van der Waals surface area contributed by atoms with E-state index in [1.165, 1.54) is 12.1 Å². The first-order valence-electron chi connectivity index (χ1n) is 9.91. The van der Waals surface area contributed by atoms with Crippen molar-refractivity contribution in [3.05, 3.63) is 90.0 Å². The summed E-state index contributed by atoms with van der Waals surface area (Å²) in [6.07, 6.45) is 4.29. The average molecular weight is 389 g/mol. The van der Waals surface area contributed by atoms with E-state index in [9.17, 15) is 9.18 Å². The monoisotopic (exact) mass is 389 g/mol. The van der Waals surface area contributed by atoms with Crippen LogP contribution in [0, 0.1) is 11.7 Å². The molecule has 1 aliphatic heterocycles. The highest BCUT2D eigenvalue weighted by Crippen LogP contribution is 2.22. The van der Waals surface area contributed by atoms with Gasteiger partial charge in [0, 0.05) is 38.6 Å². The van der Waals surface area contributed by atoms with Crippen molar-refractivity contribution in [1.82, 2.24) is 15.2 Å². The lowest BCUT2D eigenvalue weighted by atomic mass is 9.95.